The molecule has 1 aromatic carbocycles. The van der Waals surface area contributed by atoms with Crippen LogP contribution in [0.5, 0.6) is 0 Å². The molecule has 0 saturated carbocycles. The van der Waals surface area contributed by atoms with Gasteiger partial charge in [0.25, 0.3) is 0 Å². The maximum atomic E-state index is 13.6. The Hall–Kier alpha value is -3.15. The number of nitrogens with one attached hydrogen (secondary N) is 1. The van der Waals surface area contributed by atoms with E-state index in [1.165, 1.54) is 16.4 Å². The van der Waals surface area contributed by atoms with Gasteiger partial charge in [-0.05, 0) is 42.4 Å². The maximum absolute atomic E-state index is 13.6. The van der Waals surface area contributed by atoms with Crippen molar-refractivity contribution < 1.29 is 19.8 Å². The van der Waals surface area contributed by atoms with Crippen molar-refractivity contribution >= 4 is 23.3 Å². The monoisotopic (exact) mass is 512 g/mol. The number of nitrogens with zero attached hydrogens (tertiary/aromatic N) is 5. The second-order valence-corrected chi connectivity index (χ2v) is 10.4. The van der Waals surface area contributed by atoms with Crippen molar-refractivity contribution in [1.82, 2.24) is 29.4 Å². The smallest absolute Gasteiger partial charge is 0.246 e. The van der Waals surface area contributed by atoms with Crippen molar-refractivity contribution in [1.29, 1.82) is 0 Å². The van der Waals surface area contributed by atoms with Gasteiger partial charge in [-0.15, -0.1) is 5.10 Å². The second-order valence-electron chi connectivity index (χ2n) is 9.61. The standard InChI is InChI=1S/C25H32N6O4S/c1-14(2)22(30-10-15(3)26-13-30)25(35)31-11-19(33)9-21(31)24(34)27-16(4)17-5-7-18(8-6-17)23-20(12-32)28-29-36-23/h5-8,10,13-14,16,19,21-22,32-33H,9,11-12H2,1-4H3,(H,27,34)/t16-,19+,21-,22-/m0/s1. The minimum absolute atomic E-state index is 0.0231. The van der Waals surface area contributed by atoms with Crippen LogP contribution in [0.15, 0.2) is 36.8 Å². The molecule has 11 heteroatoms. The molecule has 10 nitrogen and oxygen atoms in total. The van der Waals surface area contributed by atoms with E-state index in [1.54, 1.807) is 10.9 Å². The normalized spacial score (nSPS) is 19.5. The van der Waals surface area contributed by atoms with E-state index < -0.39 is 18.2 Å². The zero-order valence-corrected chi connectivity index (χ0v) is 21.6. The Kier molecular flexibility index (Phi) is 7.82. The van der Waals surface area contributed by atoms with Crippen LogP contribution in [0, 0.1) is 12.8 Å². The average Bonchev–Trinajstić information content (AvgIpc) is 3.58. The predicted octanol–water partition coefficient (Wildman–Crippen LogP) is 2.24. The van der Waals surface area contributed by atoms with E-state index in [9.17, 15) is 19.8 Å². The van der Waals surface area contributed by atoms with Crippen LogP contribution in [0.2, 0.25) is 0 Å². The largest absolute Gasteiger partial charge is 0.391 e. The number of β-amino-alcohol motifs (C(OH)–C–C–N with tert-alkyl or cyclic N) is 1. The van der Waals surface area contributed by atoms with Gasteiger partial charge in [0.05, 0.1) is 35.7 Å². The molecular formula is C25H32N6O4S. The molecule has 1 aliphatic heterocycles. The Morgan fingerprint density at radius 2 is 1.94 bits per heavy atom. The Labute approximate surface area is 214 Å². The number of benzene rings is 1. The summed E-state index contributed by atoms with van der Waals surface area (Å²) in [4.78, 5) is 33.4. The van der Waals surface area contributed by atoms with Crippen LogP contribution in [0.1, 0.15) is 56.2 Å². The molecule has 2 amide bonds. The number of likely N-dealkylation sites (tertiary alicyclic amines) is 1. The van der Waals surface area contributed by atoms with Crippen LogP contribution in [0.4, 0.5) is 0 Å². The summed E-state index contributed by atoms with van der Waals surface area (Å²) in [5.74, 6) is -0.519. The van der Waals surface area contributed by atoms with Crippen LogP contribution in [0.3, 0.4) is 0 Å². The molecular weight excluding hydrogens is 480 g/mol. The lowest BCUT2D eigenvalue weighted by molar-refractivity contribution is -0.142. The highest BCUT2D eigenvalue weighted by Gasteiger charge is 2.42. The zero-order chi connectivity index (χ0) is 26.0. The number of carbonyl (C=O) groups excluding carboxylic acids is 2. The SMILES string of the molecule is Cc1cn([C@H](C(=O)N2C[C@H](O)C[C@H]2C(=O)N[C@@H](C)c2ccc(-c3snnc3CO)cc2)C(C)C)cn1. The van der Waals surface area contributed by atoms with Crippen molar-refractivity contribution in [3.63, 3.8) is 0 Å². The van der Waals surface area contributed by atoms with Gasteiger partial charge >= 0.3 is 0 Å². The van der Waals surface area contributed by atoms with Crippen molar-refractivity contribution in [2.45, 2.75) is 65.0 Å². The molecule has 1 saturated heterocycles. The molecule has 1 fully saturated rings. The first-order chi connectivity index (χ1) is 17.2. The van der Waals surface area contributed by atoms with E-state index in [1.807, 2.05) is 58.2 Å². The lowest BCUT2D eigenvalue weighted by Crippen LogP contribution is -2.49. The lowest BCUT2D eigenvalue weighted by atomic mass is 10.0. The molecule has 3 aromatic rings. The number of aryl methyl sites for hydroxylation is 1. The summed E-state index contributed by atoms with van der Waals surface area (Å²) in [6.07, 6.45) is 2.89. The highest BCUT2D eigenvalue weighted by molar-refractivity contribution is 7.09. The highest BCUT2D eigenvalue weighted by Crippen LogP contribution is 2.29. The zero-order valence-electron chi connectivity index (χ0n) is 20.8. The predicted molar refractivity (Wildman–Crippen MR) is 135 cm³/mol. The first kappa shape index (κ1) is 25.9. The van der Waals surface area contributed by atoms with Crippen LogP contribution in [0.25, 0.3) is 10.4 Å². The summed E-state index contributed by atoms with van der Waals surface area (Å²) >= 11 is 1.22. The Bertz CT molecular complexity index is 1210. The van der Waals surface area contributed by atoms with E-state index in [-0.39, 0.29) is 43.3 Å². The highest BCUT2D eigenvalue weighted by atomic mass is 32.1. The molecule has 3 heterocycles. The van der Waals surface area contributed by atoms with Gasteiger partial charge in [-0.3, -0.25) is 9.59 Å². The molecule has 1 aliphatic rings. The number of amides is 2. The summed E-state index contributed by atoms with van der Waals surface area (Å²) < 4.78 is 5.68. The number of rotatable bonds is 8. The average molecular weight is 513 g/mol. The number of hydrogen-bond donors (Lipinski definition) is 3. The molecule has 0 radical (unpaired) electrons. The molecule has 0 bridgehead atoms. The topological polar surface area (TPSA) is 133 Å². The molecule has 4 atom stereocenters. The van der Waals surface area contributed by atoms with Crippen molar-refractivity contribution in [2.75, 3.05) is 6.54 Å². The second kappa shape index (κ2) is 10.9. The van der Waals surface area contributed by atoms with Crippen LogP contribution in [-0.2, 0) is 16.2 Å². The Morgan fingerprint density at radius 1 is 1.22 bits per heavy atom. The van der Waals surface area contributed by atoms with E-state index in [0.29, 0.717) is 5.69 Å². The van der Waals surface area contributed by atoms with Gasteiger partial charge in [0.2, 0.25) is 11.8 Å². The van der Waals surface area contributed by atoms with Crippen LogP contribution in [-0.4, -0.2) is 64.8 Å². The molecule has 36 heavy (non-hydrogen) atoms. The van der Waals surface area contributed by atoms with E-state index in [0.717, 1.165) is 21.7 Å². The summed E-state index contributed by atoms with van der Waals surface area (Å²) in [6.45, 7) is 7.59. The fourth-order valence-corrected chi connectivity index (χ4v) is 5.35. The Morgan fingerprint density at radius 3 is 2.56 bits per heavy atom. The van der Waals surface area contributed by atoms with Crippen LogP contribution >= 0.6 is 11.5 Å². The maximum Gasteiger partial charge on any atom is 0.246 e. The third-order valence-electron chi connectivity index (χ3n) is 6.54. The third-order valence-corrected chi connectivity index (χ3v) is 7.36. The van der Waals surface area contributed by atoms with Gasteiger partial charge in [-0.2, -0.15) is 0 Å². The third kappa shape index (κ3) is 5.32. The minimum atomic E-state index is -0.759. The number of imidazole rings is 1. The molecule has 0 unspecified atom stereocenters. The number of hydrogen-bond acceptors (Lipinski definition) is 8. The van der Waals surface area contributed by atoms with Gasteiger partial charge in [0, 0.05) is 19.2 Å². The summed E-state index contributed by atoms with van der Waals surface area (Å²) in [5, 5.41) is 26.7. The first-order valence-corrected chi connectivity index (χ1v) is 12.8. The van der Waals surface area contributed by atoms with E-state index in [4.69, 9.17) is 0 Å². The fraction of sp³-hybridized carbons (Fsp3) is 0.480. The number of carbonyl (C=O) groups is 2. The lowest BCUT2D eigenvalue weighted by Gasteiger charge is -2.31. The van der Waals surface area contributed by atoms with Gasteiger partial charge in [0.15, 0.2) is 0 Å². The van der Waals surface area contributed by atoms with Crippen molar-refractivity contribution in [3.05, 3.63) is 53.7 Å². The molecule has 0 spiro atoms. The Balaban J connectivity index is 1.47. The van der Waals surface area contributed by atoms with Crippen molar-refractivity contribution in [3.8, 4) is 10.4 Å². The number of aliphatic hydroxyl groups excluding tert-OH is 2. The fourth-order valence-electron chi connectivity index (χ4n) is 4.67. The number of aromatic nitrogens is 4. The van der Waals surface area contributed by atoms with Crippen molar-refractivity contribution in [2.24, 2.45) is 5.92 Å². The van der Waals surface area contributed by atoms with Gasteiger partial charge in [-0.1, -0.05) is 42.6 Å². The van der Waals surface area contributed by atoms with E-state index >= 15 is 0 Å². The molecule has 4 rings (SSSR count). The molecule has 192 valence electrons. The first-order valence-electron chi connectivity index (χ1n) is 12.0. The summed E-state index contributed by atoms with van der Waals surface area (Å²) in [5.41, 5.74) is 3.12. The van der Waals surface area contributed by atoms with E-state index in [2.05, 4.69) is 19.9 Å². The number of aliphatic hydroxyl groups is 2. The van der Waals surface area contributed by atoms with Gasteiger partial charge < -0.3 is 25.0 Å². The molecule has 2 aromatic heterocycles. The van der Waals surface area contributed by atoms with Gasteiger partial charge in [0.1, 0.15) is 17.8 Å². The molecule has 0 aliphatic carbocycles. The summed E-state index contributed by atoms with van der Waals surface area (Å²) in [7, 11) is 0. The summed E-state index contributed by atoms with van der Waals surface area (Å²) in [6, 6.07) is 6.05. The van der Waals surface area contributed by atoms with Gasteiger partial charge in [-0.25, -0.2) is 4.98 Å². The minimum Gasteiger partial charge on any atom is -0.391 e. The quantitative estimate of drug-likeness (QED) is 0.421. The molecule has 3 N–H and O–H groups in total. The van der Waals surface area contributed by atoms with Crippen LogP contribution < -0.4 is 5.32 Å².